The van der Waals surface area contributed by atoms with Crippen molar-refractivity contribution in [3.63, 3.8) is 0 Å². The van der Waals surface area contributed by atoms with E-state index in [0.29, 0.717) is 0 Å². The monoisotopic (exact) mass is 216 g/mol. The van der Waals surface area contributed by atoms with Crippen molar-refractivity contribution in [2.45, 2.75) is 38.3 Å². The molecule has 1 saturated carbocycles. The van der Waals surface area contributed by atoms with Crippen LogP contribution in [0.3, 0.4) is 0 Å². The molecule has 0 aliphatic heterocycles. The summed E-state index contributed by atoms with van der Waals surface area (Å²) in [6, 6.07) is 8.36. The van der Waals surface area contributed by atoms with Gasteiger partial charge in [-0.25, -0.2) is 4.98 Å². The van der Waals surface area contributed by atoms with Gasteiger partial charge in [-0.3, -0.25) is 0 Å². The van der Waals surface area contributed by atoms with Crippen LogP contribution < -0.4 is 0 Å². The minimum atomic E-state index is -0.212. The van der Waals surface area contributed by atoms with Crippen LogP contribution in [0, 0.1) is 6.92 Å². The Morgan fingerprint density at radius 2 is 2.12 bits per heavy atom. The average Bonchev–Trinajstić information content (AvgIpc) is 2.81. The van der Waals surface area contributed by atoms with Crippen molar-refractivity contribution in [3.8, 4) is 0 Å². The van der Waals surface area contributed by atoms with E-state index in [0.717, 1.165) is 36.1 Å². The normalized spacial score (nSPS) is 25.4. The second-order valence-electron chi connectivity index (χ2n) is 4.58. The predicted molar refractivity (Wildman–Crippen MR) is 63.4 cm³/mol. The number of rotatable bonds is 1. The Morgan fingerprint density at radius 3 is 2.88 bits per heavy atom. The molecule has 2 atom stereocenters. The standard InChI is InChI=1S/C13H16N2O/c1-9-14-10-5-2-3-6-11(10)15(9)12-7-4-8-13(12)16/h2-3,5-6,12-13,16H,4,7-8H2,1H3/t12-,13-/m1/s1. The van der Waals surface area contributed by atoms with Gasteiger partial charge in [0.15, 0.2) is 0 Å². The third kappa shape index (κ3) is 1.35. The third-order valence-corrected chi connectivity index (χ3v) is 3.55. The summed E-state index contributed by atoms with van der Waals surface area (Å²) in [5, 5.41) is 10.00. The molecule has 1 fully saturated rings. The fourth-order valence-corrected chi connectivity index (χ4v) is 2.81. The van der Waals surface area contributed by atoms with Gasteiger partial charge < -0.3 is 9.67 Å². The zero-order valence-electron chi connectivity index (χ0n) is 9.43. The van der Waals surface area contributed by atoms with E-state index in [1.165, 1.54) is 0 Å². The molecular formula is C13H16N2O. The van der Waals surface area contributed by atoms with Gasteiger partial charge in [0.2, 0.25) is 0 Å². The van der Waals surface area contributed by atoms with Crippen LogP contribution in [0.5, 0.6) is 0 Å². The highest BCUT2D eigenvalue weighted by atomic mass is 16.3. The highest BCUT2D eigenvalue weighted by Gasteiger charge is 2.28. The minimum absolute atomic E-state index is 0.212. The Labute approximate surface area is 94.7 Å². The van der Waals surface area contributed by atoms with Crippen molar-refractivity contribution in [1.29, 1.82) is 0 Å². The molecular weight excluding hydrogens is 200 g/mol. The molecule has 1 aliphatic carbocycles. The summed E-state index contributed by atoms with van der Waals surface area (Å²) in [7, 11) is 0. The van der Waals surface area contributed by atoms with Crippen LogP contribution in [0.1, 0.15) is 31.1 Å². The highest BCUT2D eigenvalue weighted by molar-refractivity contribution is 5.76. The maximum atomic E-state index is 10.00. The van der Waals surface area contributed by atoms with E-state index in [-0.39, 0.29) is 12.1 Å². The molecule has 0 saturated heterocycles. The Balaban J connectivity index is 2.18. The average molecular weight is 216 g/mol. The van der Waals surface area contributed by atoms with Gasteiger partial charge in [-0.2, -0.15) is 0 Å². The largest absolute Gasteiger partial charge is 0.391 e. The molecule has 0 spiro atoms. The van der Waals surface area contributed by atoms with Gasteiger partial charge in [0, 0.05) is 0 Å². The molecule has 3 nitrogen and oxygen atoms in total. The quantitative estimate of drug-likeness (QED) is 0.795. The number of aliphatic hydroxyl groups is 1. The van der Waals surface area contributed by atoms with Gasteiger partial charge in [0.1, 0.15) is 5.82 Å². The van der Waals surface area contributed by atoms with Gasteiger partial charge in [-0.15, -0.1) is 0 Å². The van der Waals surface area contributed by atoms with Gasteiger partial charge in [-0.1, -0.05) is 12.1 Å². The number of aliphatic hydroxyl groups excluding tert-OH is 1. The van der Waals surface area contributed by atoms with Gasteiger partial charge >= 0.3 is 0 Å². The molecule has 16 heavy (non-hydrogen) atoms. The van der Waals surface area contributed by atoms with Crippen molar-refractivity contribution in [3.05, 3.63) is 30.1 Å². The van der Waals surface area contributed by atoms with Crippen molar-refractivity contribution >= 4 is 11.0 Å². The zero-order valence-corrected chi connectivity index (χ0v) is 9.43. The van der Waals surface area contributed by atoms with Gasteiger partial charge in [0.25, 0.3) is 0 Å². The number of para-hydroxylation sites is 2. The van der Waals surface area contributed by atoms with Crippen molar-refractivity contribution in [1.82, 2.24) is 9.55 Å². The fourth-order valence-electron chi connectivity index (χ4n) is 2.81. The smallest absolute Gasteiger partial charge is 0.107 e. The molecule has 1 aliphatic rings. The molecule has 1 N–H and O–H groups in total. The molecule has 0 unspecified atom stereocenters. The number of fused-ring (bicyclic) bond motifs is 1. The summed E-state index contributed by atoms with van der Waals surface area (Å²) in [4.78, 5) is 4.54. The predicted octanol–water partition coefficient (Wildman–Crippen LogP) is 2.43. The van der Waals surface area contributed by atoms with Crippen molar-refractivity contribution < 1.29 is 5.11 Å². The first-order chi connectivity index (χ1) is 7.77. The number of aromatic nitrogens is 2. The van der Waals surface area contributed by atoms with E-state index in [2.05, 4.69) is 15.6 Å². The second-order valence-corrected chi connectivity index (χ2v) is 4.58. The Kier molecular flexibility index (Phi) is 2.21. The number of hydrogen-bond donors (Lipinski definition) is 1. The topological polar surface area (TPSA) is 38.0 Å². The lowest BCUT2D eigenvalue weighted by Crippen LogP contribution is -2.19. The zero-order chi connectivity index (χ0) is 11.1. The van der Waals surface area contributed by atoms with Crippen LogP contribution in [0.25, 0.3) is 11.0 Å². The summed E-state index contributed by atoms with van der Waals surface area (Å²) >= 11 is 0. The lowest BCUT2D eigenvalue weighted by atomic mass is 10.2. The Morgan fingerprint density at radius 1 is 1.31 bits per heavy atom. The molecule has 1 heterocycles. The van der Waals surface area contributed by atoms with E-state index in [9.17, 15) is 5.11 Å². The lowest BCUT2D eigenvalue weighted by molar-refractivity contribution is 0.137. The van der Waals surface area contributed by atoms with Gasteiger partial charge in [-0.05, 0) is 38.3 Å². The van der Waals surface area contributed by atoms with Crippen LogP contribution in [0.15, 0.2) is 24.3 Å². The van der Waals surface area contributed by atoms with E-state index < -0.39 is 0 Å². The first kappa shape index (κ1) is 9.85. The molecule has 0 radical (unpaired) electrons. The minimum Gasteiger partial charge on any atom is -0.391 e. The van der Waals surface area contributed by atoms with E-state index in [1.54, 1.807) is 0 Å². The summed E-state index contributed by atoms with van der Waals surface area (Å²) in [5.74, 6) is 1.01. The summed E-state index contributed by atoms with van der Waals surface area (Å²) < 4.78 is 2.20. The molecule has 0 amide bonds. The maximum Gasteiger partial charge on any atom is 0.107 e. The Hall–Kier alpha value is -1.35. The van der Waals surface area contributed by atoms with Gasteiger partial charge in [0.05, 0.1) is 23.2 Å². The van der Waals surface area contributed by atoms with Crippen molar-refractivity contribution in [2.75, 3.05) is 0 Å². The molecule has 1 aromatic carbocycles. The Bertz CT molecular complexity index is 518. The molecule has 3 rings (SSSR count). The fraction of sp³-hybridized carbons (Fsp3) is 0.462. The number of aryl methyl sites for hydroxylation is 1. The summed E-state index contributed by atoms with van der Waals surface area (Å²) in [6.07, 6.45) is 2.87. The molecule has 0 bridgehead atoms. The highest BCUT2D eigenvalue weighted by Crippen LogP contribution is 2.33. The molecule has 3 heteroatoms. The van der Waals surface area contributed by atoms with Crippen LogP contribution >= 0.6 is 0 Å². The number of nitrogens with zero attached hydrogens (tertiary/aromatic N) is 2. The SMILES string of the molecule is Cc1nc2ccccc2n1[C@@H]1CCC[C@H]1O. The van der Waals surface area contributed by atoms with Crippen LogP contribution in [0.4, 0.5) is 0 Å². The second kappa shape index (κ2) is 3.59. The third-order valence-electron chi connectivity index (χ3n) is 3.55. The number of benzene rings is 1. The van der Waals surface area contributed by atoms with Crippen LogP contribution in [-0.2, 0) is 0 Å². The van der Waals surface area contributed by atoms with Crippen molar-refractivity contribution in [2.24, 2.45) is 0 Å². The summed E-state index contributed by atoms with van der Waals surface area (Å²) in [6.45, 7) is 2.02. The lowest BCUT2D eigenvalue weighted by Gasteiger charge is -2.18. The first-order valence-corrected chi connectivity index (χ1v) is 5.89. The summed E-state index contributed by atoms with van der Waals surface area (Å²) in [5.41, 5.74) is 2.17. The van der Waals surface area contributed by atoms with E-state index >= 15 is 0 Å². The van der Waals surface area contributed by atoms with E-state index in [1.807, 2.05) is 25.1 Å². The molecule has 1 aromatic heterocycles. The maximum absolute atomic E-state index is 10.00. The van der Waals surface area contributed by atoms with Crippen LogP contribution in [-0.4, -0.2) is 20.8 Å². The van der Waals surface area contributed by atoms with Crippen LogP contribution in [0.2, 0.25) is 0 Å². The number of imidazole rings is 1. The van der Waals surface area contributed by atoms with E-state index in [4.69, 9.17) is 0 Å². The first-order valence-electron chi connectivity index (χ1n) is 5.89. The molecule has 2 aromatic rings. The molecule has 84 valence electrons. The number of hydrogen-bond acceptors (Lipinski definition) is 2.